The first-order valence-corrected chi connectivity index (χ1v) is 13.3. The molecule has 212 valence electrons. The van der Waals surface area contributed by atoms with Gasteiger partial charge in [-0.3, -0.25) is 9.59 Å². The van der Waals surface area contributed by atoms with Gasteiger partial charge >= 0.3 is 0 Å². The number of hydrogen-bond acceptors (Lipinski definition) is 7. The molecule has 2 amide bonds. The highest BCUT2D eigenvalue weighted by Gasteiger charge is 2.32. The number of aliphatic hydroxyl groups is 1. The lowest BCUT2D eigenvalue weighted by atomic mass is 9.87. The number of para-hydroxylation sites is 1. The zero-order valence-electron chi connectivity index (χ0n) is 23.3. The summed E-state index contributed by atoms with van der Waals surface area (Å²) >= 11 is 0. The quantitative estimate of drug-likeness (QED) is 0.197. The van der Waals surface area contributed by atoms with Crippen LogP contribution in [0.5, 0.6) is 5.75 Å². The maximum atomic E-state index is 13.0. The maximum absolute atomic E-state index is 13.0. The van der Waals surface area contributed by atoms with Crippen molar-refractivity contribution in [3.63, 3.8) is 0 Å². The van der Waals surface area contributed by atoms with E-state index in [1.54, 1.807) is 45.4 Å². The summed E-state index contributed by atoms with van der Waals surface area (Å²) < 4.78 is 10.9. The van der Waals surface area contributed by atoms with E-state index in [4.69, 9.17) is 15.2 Å². The number of aromatic nitrogens is 2. The van der Waals surface area contributed by atoms with Crippen LogP contribution < -0.4 is 21.1 Å². The number of methoxy groups -OCH3 is 1. The van der Waals surface area contributed by atoms with E-state index in [1.807, 2.05) is 6.07 Å². The largest absolute Gasteiger partial charge is 0.493 e. The highest BCUT2D eigenvalue weighted by Crippen LogP contribution is 2.22. The molecule has 6 N–H and O–H groups in total. The van der Waals surface area contributed by atoms with E-state index in [1.165, 1.54) is 6.33 Å². The molecule has 2 aromatic rings. The van der Waals surface area contributed by atoms with Crippen molar-refractivity contribution >= 4 is 11.8 Å². The molecule has 0 spiro atoms. The van der Waals surface area contributed by atoms with Gasteiger partial charge in [0.05, 0.1) is 35.7 Å². The highest BCUT2D eigenvalue weighted by molar-refractivity contribution is 5.96. The first kappa shape index (κ1) is 31.3. The van der Waals surface area contributed by atoms with Gasteiger partial charge in [0, 0.05) is 39.0 Å². The van der Waals surface area contributed by atoms with Crippen molar-refractivity contribution in [1.29, 1.82) is 0 Å². The molecule has 0 saturated carbocycles. The van der Waals surface area contributed by atoms with Crippen molar-refractivity contribution in [2.75, 3.05) is 33.4 Å². The summed E-state index contributed by atoms with van der Waals surface area (Å²) in [7, 11) is 1.67. The third kappa shape index (κ3) is 9.41. The first-order chi connectivity index (χ1) is 18.1. The van der Waals surface area contributed by atoms with Crippen LogP contribution >= 0.6 is 0 Å². The van der Waals surface area contributed by atoms with Crippen LogP contribution in [0.15, 0.2) is 36.8 Å². The molecule has 38 heavy (non-hydrogen) atoms. The number of nitrogens with zero attached hydrogens (tertiary/aromatic N) is 1. The van der Waals surface area contributed by atoms with Crippen LogP contribution in [-0.2, 0) is 14.9 Å². The number of carbonyl (C=O) groups is 2. The maximum Gasteiger partial charge on any atom is 0.255 e. The number of benzene rings is 1. The Labute approximate surface area is 226 Å². The Bertz CT molecular complexity index is 980. The second kappa shape index (κ2) is 15.5. The number of carbonyl (C=O) groups excluding carboxylic acids is 2. The Morgan fingerprint density at radius 2 is 1.84 bits per heavy atom. The molecule has 0 radical (unpaired) electrons. The predicted octanol–water partition coefficient (Wildman–Crippen LogP) is 2.39. The lowest BCUT2D eigenvalue weighted by Crippen LogP contribution is -2.49. The Hall–Kier alpha value is -2.95. The molecule has 3 unspecified atom stereocenters. The van der Waals surface area contributed by atoms with Gasteiger partial charge in [-0.2, -0.15) is 0 Å². The minimum atomic E-state index is -0.932. The molecule has 0 aliphatic carbocycles. The zero-order chi connectivity index (χ0) is 28.1. The van der Waals surface area contributed by atoms with E-state index < -0.39 is 17.6 Å². The lowest BCUT2D eigenvalue weighted by molar-refractivity contribution is -0.126. The number of unbranched alkanes of at least 4 members (excludes halogenated alkanes) is 1. The zero-order valence-corrected chi connectivity index (χ0v) is 23.3. The lowest BCUT2D eigenvalue weighted by Gasteiger charge is -2.28. The number of aliphatic hydroxyl groups excluding tert-OH is 1. The molecule has 1 aromatic heterocycles. The number of hydrogen-bond donors (Lipinski definition) is 5. The standard InChI is InChI=1S/C28H45N5O5/c1-19(2)20(14-22(29)23(34)16-32-27(36)28(3,4)25-17-30-18-33-25)15-31-26(35)21-10-6-7-11-24(21)38-13-9-8-12-37-5/h6-7,10-11,17-20,22-23,34H,8-9,12-16,29H2,1-5H3,(H,30,33)(H,31,35)(H,32,36). The molecule has 10 nitrogen and oxygen atoms in total. The number of ether oxygens (including phenoxy) is 2. The van der Waals surface area contributed by atoms with Gasteiger partial charge in [0.1, 0.15) is 5.75 Å². The molecule has 1 aromatic carbocycles. The monoisotopic (exact) mass is 531 g/mol. The first-order valence-electron chi connectivity index (χ1n) is 13.3. The molecule has 0 bridgehead atoms. The van der Waals surface area contributed by atoms with E-state index in [2.05, 4.69) is 34.4 Å². The number of aromatic amines is 1. The number of H-pyrrole nitrogens is 1. The smallest absolute Gasteiger partial charge is 0.255 e. The van der Waals surface area contributed by atoms with E-state index in [0.29, 0.717) is 43.2 Å². The number of rotatable bonds is 17. The van der Waals surface area contributed by atoms with E-state index in [0.717, 1.165) is 12.8 Å². The van der Waals surface area contributed by atoms with Crippen LogP contribution in [-0.4, -0.2) is 72.4 Å². The van der Waals surface area contributed by atoms with Crippen LogP contribution in [0.2, 0.25) is 0 Å². The fourth-order valence-corrected chi connectivity index (χ4v) is 4.02. The minimum Gasteiger partial charge on any atom is -0.493 e. The van der Waals surface area contributed by atoms with Gasteiger partial charge in [-0.15, -0.1) is 0 Å². The molecule has 0 aliphatic rings. The van der Waals surface area contributed by atoms with E-state index >= 15 is 0 Å². The summed E-state index contributed by atoms with van der Waals surface area (Å²) in [4.78, 5) is 32.7. The Morgan fingerprint density at radius 3 is 2.50 bits per heavy atom. The Morgan fingerprint density at radius 1 is 1.13 bits per heavy atom. The highest BCUT2D eigenvalue weighted by atomic mass is 16.5. The SMILES string of the molecule is COCCCCOc1ccccc1C(=O)NCC(CC(N)C(O)CNC(=O)C(C)(C)c1c[nH]cn1)C(C)C. The summed E-state index contributed by atoms with van der Waals surface area (Å²) in [5.74, 6) is 0.327. The average Bonchev–Trinajstić information content (AvgIpc) is 3.45. The number of nitrogens with two attached hydrogens (primary N) is 1. The molecular formula is C28H45N5O5. The second-order valence-corrected chi connectivity index (χ2v) is 10.5. The molecule has 0 saturated heterocycles. The van der Waals surface area contributed by atoms with Gasteiger partial charge in [-0.25, -0.2) is 4.98 Å². The van der Waals surface area contributed by atoms with Crippen molar-refractivity contribution in [1.82, 2.24) is 20.6 Å². The summed E-state index contributed by atoms with van der Waals surface area (Å²) in [6, 6.07) is 6.61. The van der Waals surface area contributed by atoms with Crippen LogP contribution in [0.4, 0.5) is 0 Å². The van der Waals surface area contributed by atoms with Crippen molar-refractivity contribution in [2.24, 2.45) is 17.6 Å². The van der Waals surface area contributed by atoms with Crippen molar-refractivity contribution in [3.05, 3.63) is 48.0 Å². The summed E-state index contributed by atoms with van der Waals surface area (Å²) in [5, 5.41) is 16.4. The minimum absolute atomic E-state index is 0.0279. The molecule has 10 heteroatoms. The van der Waals surface area contributed by atoms with Crippen molar-refractivity contribution in [2.45, 2.75) is 64.5 Å². The molecule has 3 atom stereocenters. The average molecular weight is 532 g/mol. The summed E-state index contributed by atoms with van der Waals surface area (Å²) in [6.07, 6.45) is 4.47. The summed E-state index contributed by atoms with van der Waals surface area (Å²) in [6.45, 7) is 9.26. The van der Waals surface area contributed by atoms with Gasteiger partial charge < -0.3 is 35.9 Å². The number of nitrogens with one attached hydrogen (secondary N) is 3. The fraction of sp³-hybridized carbons (Fsp3) is 0.607. The third-order valence-electron chi connectivity index (χ3n) is 6.85. The predicted molar refractivity (Wildman–Crippen MR) is 147 cm³/mol. The van der Waals surface area contributed by atoms with Gasteiger partial charge in [0.15, 0.2) is 0 Å². The van der Waals surface area contributed by atoms with E-state index in [-0.39, 0.29) is 30.2 Å². The van der Waals surface area contributed by atoms with E-state index in [9.17, 15) is 14.7 Å². The topological polar surface area (TPSA) is 152 Å². The normalized spacial score (nSPS) is 14.1. The van der Waals surface area contributed by atoms with Crippen molar-refractivity contribution in [3.8, 4) is 5.75 Å². The molecule has 0 fully saturated rings. The molecular weight excluding hydrogens is 486 g/mol. The second-order valence-electron chi connectivity index (χ2n) is 10.5. The summed E-state index contributed by atoms with van der Waals surface area (Å²) in [5.41, 5.74) is 6.56. The van der Waals surface area contributed by atoms with Gasteiger partial charge in [0.2, 0.25) is 5.91 Å². The van der Waals surface area contributed by atoms with Gasteiger partial charge in [-0.1, -0.05) is 26.0 Å². The Kier molecular flexibility index (Phi) is 12.7. The van der Waals surface area contributed by atoms with Crippen LogP contribution in [0.3, 0.4) is 0 Å². The molecule has 2 rings (SSSR count). The van der Waals surface area contributed by atoms with Crippen LogP contribution in [0.25, 0.3) is 0 Å². The molecule has 1 heterocycles. The molecule has 0 aliphatic heterocycles. The van der Waals surface area contributed by atoms with Crippen LogP contribution in [0.1, 0.15) is 63.0 Å². The number of imidazole rings is 1. The van der Waals surface area contributed by atoms with Crippen LogP contribution in [0, 0.1) is 11.8 Å². The third-order valence-corrected chi connectivity index (χ3v) is 6.85. The van der Waals surface area contributed by atoms with Crippen molar-refractivity contribution < 1.29 is 24.2 Å². The van der Waals surface area contributed by atoms with Gasteiger partial charge in [0.25, 0.3) is 5.91 Å². The fourth-order valence-electron chi connectivity index (χ4n) is 4.02. The Balaban J connectivity index is 1.87. The van der Waals surface area contributed by atoms with Gasteiger partial charge in [-0.05, 0) is 57.1 Å². The number of amides is 2.